The molecular weight excluding hydrogens is 186 g/mol. The van der Waals surface area contributed by atoms with Crippen LogP contribution in [0.25, 0.3) is 0 Å². The molecule has 6 N–H and O–H groups in total. The lowest BCUT2D eigenvalue weighted by Crippen LogP contribution is -2.05. The Balaban J connectivity index is -0.000000131. The summed E-state index contributed by atoms with van der Waals surface area (Å²) in [5.74, 6) is 0. The molecule has 6 heteroatoms. The number of ether oxygens (including phenoxy) is 3. The Morgan fingerprint density at radius 3 is 1.00 bits per heavy atom. The second-order valence-electron chi connectivity index (χ2n) is 2.02. The van der Waals surface area contributed by atoms with E-state index in [2.05, 4.69) is 14.2 Å². The predicted molar refractivity (Wildman–Crippen MR) is 57.9 cm³/mol. The highest BCUT2D eigenvalue weighted by Gasteiger charge is 1.66. The number of hydrogen-bond donors (Lipinski definition) is 3. The van der Waals surface area contributed by atoms with Crippen LogP contribution in [0, 0.1) is 0 Å². The Bertz CT molecular complexity index is 55.8. The molecule has 0 unspecified atom stereocenters. The second-order valence-corrected chi connectivity index (χ2v) is 2.02. The second kappa shape index (κ2) is 29.3. The summed E-state index contributed by atoms with van der Waals surface area (Å²) in [6.07, 6.45) is 0. The molecule has 0 rings (SSSR count). The van der Waals surface area contributed by atoms with Gasteiger partial charge in [0.2, 0.25) is 0 Å². The monoisotopic (exact) mass is 211 g/mol. The van der Waals surface area contributed by atoms with Gasteiger partial charge in [-0.25, -0.2) is 0 Å². The normalized spacial score (nSPS) is 8.14. The highest BCUT2D eigenvalue weighted by Crippen LogP contribution is 1.53. The highest BCUT2D eigenvalue weighted by atomic mass is 16.5. The maximum atomic E-state index is 5.01. The number of rotatable bonds is 5. The molecule has 0 atom stereocenters. The van der Waals surface area contributed by atoms with Crippen molar-refractivity contribution >= 4 is 0 Å². The summed E-state index contributed by atoms with van der Waals surface area (Å²) in [6.45, 7) is 2.90. The van der Waals surface area contributed by atoms with Crippen LogP contribution in [0.1, 0.15) is 0 Å². The molecule has 0 spiro atoms. The zero-order chi connectivity index (χ0) is 11.7. The van der Waals surface area contributed by atoms with Crippen molar-refractivity contribution in [2.45, 2.75) is 0 Å². The van der Waals surface area contributed by atoms with E-state index >= 15 is 0 Å². The van der Waals surface area contributed by atoms with Gasteiger partial charge in [0.25, 0.3) is 0 Å². The van der Waals surface area contributed by atoms with E-state index in [1.165, 1.54) is 0 Å². The van der Waals surface area contributed by atoms with Crippen LogP contribution in [0.2, 0.25) is 0 Å². The Hall–Kier alpha value is -0.240. The summed E-state index contributed by atoms with van der Waals surface area (Å²) in [7, 11) is 4.82. The van der Waals surface area contributed by atoms with Gasteiger partial charge in [-0.3, -0.25) is 0 Å². The smallest absolute Gasteiger partial charge is 0.0936 e. The van der Waals surface area contributed by atoms with Crippen molar-refractivity contribution in [3.8, 4) is 0 Å². The van der Waals surface area contributed by atoms with Crippen LogP contribution >= 0.6 is 0 Å². The van der Waals surface area contributed by atoms with Gasteiger partial charge in [-0.1, -0.05) is 0 Å². The molecule has 0 radical (unpaired) electrons. The van der Waals surface area contributed by atoms with E-state index < -0.39 is 0 Å². The maximum absolute atomic E-state index is 5.01. The van der Waals surface area contributed by atoms with Crippen LogP contribution in [0.3, 0.4) is 0 Å². The van der Waals surface area contributed by atoms with Gasteiger partial charge >= 0.3 is 0 Å². The molecule has 0 aliphatic carbocycles. The summed E-state index contributed by atoms with van der Waals surface area (Å²) in [5.41, 5.74) is 14.8. The third-order valence-corrected chi connectivity index (χ3v) is 0.811. The third kappa shape index (κ3) is 60.1. The van der Waals surface area contributed by atoms with E-state index in [4.69, 9.17) is 17.2 Å². The molecule has 90 valence electrons. The van der Waals surface area contributed by atoms with E-state index in [1.807, 2.05) is 0 Å². The Morgan fingerprint density at radius 1 is 0.714 bits per heavy atom. The number of methoxy groups -OCH3 is 3. The van der Waals surface area contributed by atoms with Crippen molar-refractivity contribution in [1.82, 2.24) is 0 Å². The van der Waals surface area contributed by atoms with Crippen molar-refractivity contribution < 1.29 is 14.2 Å². The molecule has 0 aromatic rings. The first kappa shape index (κ1) is 19.4. The van der Waals surface area contributed by atoms with Crippen LogP contribution in [0.15, 0.2) is 0 Å². The van der Waals surface area contributed by atoms with Crippen LogP contribution in [0.4, 0.5) is 0 Å². The molecule has 0 aliphatic rings. The molecule has 0 aliphatic heterocycles. The minimum atomic E-state index is 0.319. The van der Waals surface area contributed by atoms with Crippen LogP contribution in [-0.4, -0.2) is 54.4 Å². The molecule has 0 aromatic heterocycles. The summed E-state index contributed by atoms with van der Waals surface area (Å²) in [5, 5.41) is 0. The summed E-state index contributed by atoms with van der Waals surface area (Å²) in [4.78, 5) is 0. The van der Waals surface area contributed by atoms with Gasteiger partial charge in [-0.2, -0.15) is 0 Å². The lowest BCUT2D eigenvalue weighted by Gasteiger charge is -1.85. The molecule has 6 nitrogen and oxygen atoms in total. The van der Waals surface area contributed by atoms with E-state index in [0.29, 0.717) is 33.0 Å². The fourth-order valence-corrected chi connectivity index (χ4v) is 0.236. The van der Waals surface area contributed by atoms with Gasteiger partial charge in [-0.15, -0.1) is 0 Å². The average molecular weight is 211 g/mol. The number of hydrogen-bond acceptors (Lipinski definition) is 6. The minimum Gasteiger partial charge on any atom is -0.383 e. The van der Waals surface area contributed by atoms with Crippen LogP contribution in [0.5, 0.6) is 0 Å². The summed E-state index contributed by atoms with van der Waals surface area (Å²) >= 11 is 0. The zero-order valence-corrected chi connectivity index (χ0v) is 9.49. The SMILES string of the molecule is COCCN.COCCN.COCN. The van der Waals surface area contributed by atoms with Crippen molar-refractivity contribution in [2.24, 2.45) is 17.2 Å². The van der Waals surface area contributed by atoms with Crippen molar-refractivity contribution in [2.75, 3.05) is 54.4 Å². The fourth-order valence-electron chi connectivity index (χ4n) is 0.236. The molecule has 0 heterocycles. The van der Waals surface area contributed by atoms with Crippen LogP contribution < -0.4 is 17.2 Å². The molecular formula is C8H25N3O3. The third-order valence-electron chi connectivity index (χ3n) is 0.811. The molecule has 14 heavy (non-hydrogen) atoms. The van der Waals surface area contributed by atoms with Gasteiger partial charge in [-0.05, 0) is 0 Å². The van der Waals surface area contributed by atoms with Crippen molar-refractivity contribution in [1.29, 1.82) is 0 Å². The van der Waals surface area contributed by atoms with E-state index in [0.717, 1.165) is 0 Å². The number of nitrogens with two attached hydrogens (primary N) is 3. The fraction of sp³-hybridized carbons (Fsp3) is 1.00. The van der Waals surface area contributed by atoms with E-state index in [-0.39, 0.29) is 0 Å². The quantitative estimate of drug-likeness (QED) is 0.490. The molecule has 0 saturated heterocycles. The summed E-state index contributed by atoms with van der Waals surface area (Å²) in [6, 6.07) is 0. The minimum absolute atomic E-state index is 0.319. The molecule has 0 amide bonds. The highest BCUT2D eigenvalue weighted by molar-refractivity contribution is 4.22. The first-order chi connectivity index (χ1) is 6.74. The van der Waals surface area contributed by atoms with Crippen molar-refractivity contribution in [3.63, 3.8) is 0 Å². The predicted octanol–water partition coefficient (Wildman–Crippen LogP) is -1.27. The van der Waals surface area contributed by atoms with Gasteiger partial charge in [0.1, 0.15) is 0 Å². The van der Waals surface area contributed by atoms with Crippen LogP contribution in [-0.2, 0) is 14.2 Å². The van der Waals surface area contributed by atoms with E-state index in [1.54, 1.807) is 21.3 Å². The zero-order valence-electron chi connectivity index (χ0n) is 9.49. The Morgan fingerprint density at radius 2 is 1.00 bits per heavy atom. The topological polar surface area (TPSA) is 106 Å². The van der Waals surface area contributed by atoms with Gasteiger partial charge < -0.3 is 31.4 Å². The Labute approximate surface area is 86.7 Å². The lowest BCUT2D eigenvalue weighted by atomic mass is 10.7. The standard InChI is InChI=1S/2C3H9NO.C2H7NO/c2*1-5-3-2-4;1-4-2-3/h2*2-4H2,1H3;2-3H2,1H3. The van der Waals surface area contributed by atoms with Gasteiger partial charge in [0.15, 0.2) is 0 Å². The Kier molecular flexibility index (Phi) is 40.5. The van der Waals surface area contributed by atoms with Gasteiger partial charge in [0, 0.05) is 34.4 Å². The molecule has 0 saturated carbocycles. The molecule has 0 fully saturated rings. The average Bonchev–Trinajstić information content (AvgIpc) is 2.22. The van der Waals surface area contributed by atoms with Crippen molar-refractivity contribution in [3.05, 3.63) is 0 Å². The first-order valence-corrected chi connectivity index (χ1v) is 4.32. The molecule has 0 bridgehead atoms. The van der Waals surface area contributed by atoms with E-state index in [9.17, 15) is 0 Å². The lowest BCUT2D eigenvalue weighted by molar-refractivity contribution is 0.207. The summed E-state index contributed by atoms with van der Waals surface area (Å²) < 4.78 is 13.5. The van der Waals surface area contributed by atoms with Gasteiger partial charge in [0.05, 0.1) is 19.9 Å². The molecule has 0 aromatic carbocycles. The first-order valence-electron chi connectivity index (χ1n) is 4.32. The maximum Gasteiger partial charge on any atom is 0.0936 e. The largest absolute Gasteiger partial charge is 0.383 e.